The maximum Gasteiger partial charge on any atom is 0.123 e. The summed E-state index contributed by atoms with van der Waals surface area (Å²) in [7, 11) is 0. The Morgan fingerprint density at radius 3 is 3.00 bits per heavy atom. The molecule has 0 aromatic carbocycles. The molecule has 15 heavy (non-hydrogen) atoms. The van der Waals surface area contributed by atoms with Crippen LogP contribution in [-0.4, -0.2) is 24.2 Å². The third-order valence-electron chi connectivity index (χ3n) is 2.18. The SMILES string of the molecule is CCOCCC(N)Cc1ccnc(N)c1. The van der Waals surface area contributed by atoms with Crippen molar-refractivity contribution in [1.82, 2.24) is 4.98 Å². The first-order valence-electron chi connectivity index (χ1n) is 5.26. The van der Waals surface area contributed by atoms with E-state index in [0.717, 1.165) is 31.6 Å². The Balaban J connectivity index is 2.34. The molecule has 0 aliphatic heterocycles. The van der Waals surface area contributed by atoms with Crippen molar-refractivity contribution in [2.75, 3.05) is 18.9 Å². The van der Waals surface area contributed by atoms with E-state index < -0.39 is 0 Å². The highest BCUT2D eigenvalue weighted by Crippen LogP contribution is 2.06. The van der Waals surface area contributed by atoms with E-state index in [0.29, 0.717) is 5.82 Å². The van der Waals surface area contributed by atoms with E-state index in [9.17, 15) is 0 Å². The van der Waals surface area contributed by atoms with Gasteiger partial charge in [-0.25, -0.2) is 4.98 Å². The lowest BCUT2D eigenvalue weighted by Crippen LogP contribution is -2.24. The summed E-state index contributed by atoms with van der Waals surface area (Å²) in [4.78, 5) is 3.93. The fraction of sp³-hybridized carbons (Fsp3) is 0.545. The first kappa shape index (κ1) is 11.9. The van der Waals surface area contributed by atoms with E-state index >= 15 is 0 Å². The van der Waals surface area contributed by atoms with Crippen LogP contribution in [0.15, 0.2) is 18.3 Å². The van der Waals surface area contributed by atoms with Crippen LogP contribution in [-0.2, 0) is 11.2 Å². The van der Waals surface area contributed by atoms with Crippen molar-refractivity contribution in [3.63, 3.8) is 0 Å². The van der Waals surface area contributed by atoms with Crippen molar-refractivity contribution in [2.45, 2.75) is 25.8 Å². The first-order chi connectivity index (χ1) is 7.22. The van der Waals surface area contributed by atoms with Gasteiger partial charge in [-0.15, -0.1) is 0 Å². The Kier molecular flexibility index (Phi) is 5.07. The van der Waals surface area contributed by atoms with Crippen LogP contribution in [0.3, 0.4) is 0 Å². The minimum atomic E-state index is 0.123. The normalized spacial score (nSPS) is 12.7. The molecule has 1 unspecified atom stereocenters. The number of rotatable bonds is 6. The molecule has 4 N–H and O–H groups in total. The van der Waals surface area contributed by atoms with Crippen LogP contribution in [0.2, 0.25) is 0 Å². The molecule has 84 valence electrons. The van der Waals surface area contributed by atoms with Crippen molar-refractivity contribution in [1.29, 1.82) is 0 Å². The molecule has 0 bridgehead atoms. The largest absolute Gasteiger partial charge is 0.384 e. The number of pyridine rings is 1. The molecule has 4 heteroatoms. The topological polar surface area (TPSA) is 74.2 Å². The first-order valence-corrected chi connectivity index (χ1v) is 5.26. The van der Waals surface area contributed by atoms with Crippen molar-refractivity contribution >= 4 is 5.82 Å². The van der Waals surface area contributed by atoms with Gasteiger partial charge in [0.1, 0.15) is 5.82 Å². The number of hydrogen-bond donors (Lipinski definition) is 2. The summed E-state index contributed by atoms with van der Waals surface area (Å²) in [5.41, 5.74) is 12.7. The van der Waals surface area contributed by atoms with Crippen LogP contribution >= 0.6 is 0 Å². The maximum atomic E-state index is 5.96. The monoisotopic (exact) mass is 209 g/mol. The second-order valence-corrected chi connectivity index (χ2v) is 3.54. The molecular formula is C11H19N3O. The number of nitrogens with two attached hydrogens (primary N) is 2. The van der Waals surface area contributed by atoms with E-state index in [4.69, 9.17) is 16.2 Å². The van der Waals surface area contributed by atoms with Crippen molar-refractivity contribution in [3.8, 4) is 0 Å². The van der Waals surface area contributed by atoms with Gasteiger partial charge in [0.2, 0.25) is 0 Å². The molecule has 0 spiro atoms. The summed E-state index contributed by atoms with van der Waals surface area (Å²) >= 11 is 0. The Bertz CT molecular complexity index is 291. The zero-order chi connectivity index (χ0) is 11.1. The Morgan fingerprint density at radius 2 is 2.33 bits per heavy atom. The van der Waals surface area contributed by atoms with Gasteiger partial charge in [-0.1, -0.05) is 0 Å². The molecule has 0 radical (unpaired) electrons. The van der Waals surface area contributed by atoms with Crippen molar-refractivity contribution in [2.24, 2.45) is 5.73 Å². The van der Waals surface area contributed by atoms with Crippen molar-refractivity contribution < 1.29 is 4.74 Å². The Hall–Kier alpha value is -1.13. The Labute approximate surface area is 90.6 Å². The fourth-order valence-electron chi connectivity index (χ4n) is 1.41. The fourth-order valence-corrected chi connectivity index (χ4v) is 1.41. The summed E-state index contributed by atoms with van der Waals surface area (Å²) < 4.78 is 5.25. The Morgan fingerprint density at radius 1 is 1.53 bits per heavy atom. The molecule has 1 aromatic heterocycles. The quantitative estimate of drug-likeness (QED) is 0.684. The molecule has 0 aliphatic carbocycles. The number of nitrogen functional groups attached to an aromatic ring is 1. The van der Waals surface area contributed by atoms with Gasteiger partial charge in [0.25, 0.3) is 0 Å². The van der Waals surface area contributed by atoms with Gasteiger partial charge in [-0.05, 0) is 37.5 Å². The molecule has 1 rings (SSSR count). The zero-order valence-corrected chi connectivity index (χ0v) is 9.15. The van der Waals surface area contributed by atoms with Gasteiger partial charge in [0.05, 0.1) is 0 Å². The summed E-state index contributed by atoms with van der Waals surface area (Å²) in [6.07, 6.45) is 3.40. The van der Waals surface area contributed by atoms with Gasteiger partial charge in [-0.3, -0.25) is 0 Å². The average molecular weight is 209 g/mol. The highest BCUT2D eigenvalue weighted by atomic mass is 16.5. The van der Waals surface area contributed by atoms with Gasteiger partial charge in [-0.2, -0.15) is 0 Å². The third kappa shape index (κ3) is 4.76. The van der Waals surface area contributed by atoms with Crippen LogP contribution in [0.1, 0.15) is 18.9 Å². The van der Waals surface area contributed by atoms with E-state index in [2.05, 4.69) is 4.98 Å². The summed E-state index contributed by atoms with van der Waals surface area (Å²) in [5, 5.41) is 0. The summed E-state index contributed by atoms with van der Waals surface area (Å²) in [6.45, 7) is 3.45. The predicted octanol–water partition coefficient (Wildman–Crippen LogP) is 0.960. The van der Waals surface area contributed by atoms with Crippen LogP contribution < -0.4 is 11.5 Å². The molecule has 0 amide bonds. The summed E-state index contributed by atoms with van der Waals surface area (Å²) in [6, 6.07) is 3.93. The molecule has 1 aromatic rings. The number of hydrogen-bond acceptors (Lipinski definition) is 4. The molecule has 0 fully saturated rings. The number of anilines is 1. The molecular weight excluding hydrogens is 190 g/mol. The van der Waals surface area contributed by atoms with Gasteiger partial charge < -0.3 is 16.2 Å². The van der Waals surface area contributed by atoms with Gasteiger partial charge >= 0.3 is 0 Å². The van der Waals surface area contributed by atoms with Gasteiger partial charge in [0, 0.05) is 25.5 Å². The molecule has 4 nitrogen and oxygen atoms in total. The number of aromatic nitrogens is 1. The van der Waals surface area contributed by atoms with E-state index in [1.54, 1.807) is 6.20 Å². The molecule has 0 saturated carbocycles. The lowest BCUT2D eigenvalue weighted by atomic mass is 10.1. The lowest BCUT2D eigenvalue weighted by molar-refractivity contribution is 0.140. The third-order valence-corrected chi connectivity index (χ3v) is 2.18. The molecule has 0 aliphatic rings. The van der Waals surface area contributed by atoms with E-state index in [1.165, 1.54) is 0 Å². The smallest absolute Gasteiger partial charge is 0.123 e. The van der Waals surface area contributed by atoms with E-state index in [1.807, 2.05) is 19.1 Å². The van der Waals surface area contributed by atoms with E-state index in [-0.39, 0.29) is 6.04 Å². The zero-order valence-electron chi connectivity index (χ0n) is 9.15. The highest BCUT2D eigenvalue weighted by molar-refractivity contribution is 5.32. The molecule has 1 heterocycles. The number of nitrogens with zero attached hydrogens (tertiary/aromatic N) is 1. The minimum absolute atomic E-state index is 0.123. The average Bonchev–Trinajstić information content (AvgIpc) is 2.18. The van der Waals surface area contributed by atoms with Crippen molar-refractivity contribution in [3.05, 3.63) is 23.9 Å². The second kappa shape index (κ2) is 6.37. The molecule has 0 saturated heterocycles. The van der Waals surface area contributed by atoms with Crippen LogP contribution in [0.5, 0.6) is 0 Å². The molecule has 1 atom stereocenters. The maximum absolute atomic E-state index is 5.96. The second-order valence-electron chi connectivity index (χ2n) is 3.54. The van der Waals surface area contributed by atoms with Crippen LogP contribution in [0.25, 0.3) is 0 Å². The highest BCUT2D eigenvalue weighted by Gasteiger charge is 2.04. The van der Waals surface area contributed by atoms with Gasteiger partial charge in [0.15, 0.2) is 0 Å². The lowest BCUT2D eigenvalue weighted by Gasteiger charge is -2.11. The number of ether oxygens (including phenoxy) is 1. The predicted molar refractivity (Wildman–Crippen MR) is 61.4 cm³/mol. The standard InChI is InChI=1S/C11H19N3O/c1-2-15-6-4-10(12)7-9-3-5-14-11(13)8-9/h3,5,8,10H,2,4,6-7,12H2,1H3,(H2,13,14). The summed E-state index contributed by atoms with van der Waals surface area (Å²) in [5.74, 6) is 0.546. The van der Waals surface area contributed by atoms with Crippen LogP contribution in [0, 0.1) is 0 Å². The van der Waals surface area contributed by atoms with Crippen LogP contribution in [0.4, 0.5) is 5.82 Å². The minimum Gasteiger partial charge on any atom is -0.384 e.